The molecule has 4 nitrogen and oxygen atoms in total. The van der Waals surface area contributed by atoms with Crippen molar-refractivity contribution in [2.24, 2.45) is 5.16 Å². The summed E-state index contributed by atoms with van der Waals surface area (Å²) in [5.41, 5.74) is 2.50. The van der Waals surface area contributed by atoms with E-state index in [0.29, 0.717) is 23.6 Å². The quantitative estimate of drug-likeness (QED) is 0.940. The summed E-state index contributed by atoms with van der Waals surface area (Å²) in [5, 5.41) is 6.96. The van der Waals surface area contributed by atoms with Gasteiger partial charge in [-0.25, -0.2) is 4.39 Å². The normalized spacial score (nSPS) is 24.9. The fraction of sp³-hybridized carbons (Fsp3) is 0.263. The van der Waals surface area contributed by atoms with Gasteiger partial charge in [0.15, 0.2) is 0 Å². The molecule has 0 saturated heterocycles. The molecule has 1 aliphatic carbocycles. The van der Waals surface area contributed by atoms with Gasteiger partial charge in [0.05, 0.1) is 5.71 Å². The number of carbonyl (C=O) groups excluding carboxylic acids is 1. The van der Waals surface area contributed by atoms with Gasteiger partial charge in [-0.05, 0) is 24.1 Å². The Morgan fingerprint density at radius 2 is 2.00 bits per heavy atom. The van der Waals surface area contributed by atoms with Crippen molar-refractivity contribution in [2.75, 3.05) is 0 Å². The number of oxime groups is 1. The monoisotopic (exact) mass is 324 g/mol. The number of amides is 1. The molecule has 1 heterocycles. The zero-order chi connectivity index (χ0) is 16.5. The molecule has 2 aromatic carbocycles. The van der Waals surface area contributed by atoms with Crippen LogP contribution in [0.15, 0.2) is 59.8 Å². The minimum absolute atomic E-state index is 0.154. The maximum Gasteiger partial charge on any atom is 0.264 e. The minimum atomic E-state index is -0.639. The lowest BCUT2D eigenvalue weighted by atomic mass is 10.0. The van der Waals surface area contributed by atoms with Gasteiger partial charge >= 0.3 is 0 Å². The molecule has 4 rings (SSSR count). The second kappa shape index (κ2) is 6.07. The Balaban J connectivity index is 1.33. The Bertz CT molecular complexity index is 791. The van der Waals surface area contributed by atoms with Gasteiger partial charge in [0.2, 0.25) is 6.10 Å². The van der Waals surface area contributed by atoms with Crippen LogP contribution < -0.4 is 5.32 Å². The van der Waals surface area contributed by atoms with Crippen LogP contribution in [0.2, 0.25) is 0 Å². The third kappa shape index (κ3) is 3.02. The highest BCUT2D eigenvalue weighted by molar-refractivity contribution is 6.04. The van der Waals surface area contributed by atoms with Crippen molar-refractivity contribution in [1.29, 1.82) is 0 Å². The Hall–Kier alpha value is -2.69. The summed E-state index contributed by atoms with van der Waals surface area (Å²) in [6.07, 6.45) is 0.665. The maximum absolute atomic E-state index is 13.3. The summed E-state index contributed by atoms with van der Waals surface area (Å²) in [4.78, 5) is 17.6. The first-order valence-corrected chi connectivity index (χ1v) is 8.04. The zero-order valence-electron chi connectivity index (χ0n) is 13.0. The number of hydrogen-bond donors (Lipinski definition) is 1. The van der Waals surface area contributed by atoms with E-state index < -0.39 is 6.10 Å². The van der Waals surface area contributed by atoms with E-state index in [4.69, 9.17) is 4.84 Å². The predicted octanol–water partition coefficient (Wildman–Crippen LogP) is 2.99. The number of nitrogens with zero attached hydrogens (tertiary/aromatic N) is 1. The maximum atomic E-state index is 13.3. The van der Waals surface area contributed by atoms with Crippen molar-refractivity contribution in [3.63, 3.8) is 0 Å². The smallest absolute Gasteiger partial charge is 0.264 e. The SMILES string of the molecule is O=C(N[C@@H]1C[C@@H]1c1ccccc1)[C@H]1CC(c2cccc(F)c2)=NO1. The van der Waals surface area contributed by atoms with Gasteiger partial charge in [-0.2, -0.15) is 0 Å². The molecule has 1 fully saturated rings. The van der Waals surface area contributed by atoms with Crippen LogP contribution in [-0.2, 0) is 9.63 Å². The van der Waals surface area contributed by atoms with Crippen molar-refractivity contribution in [3.8, 4) is 0 Å². The van der Waals surface area contributed by atoms with Gasteiger partial charge in [0.1, 0.15) is 5.82 Å². The molecule has 0 aromatic heterocycles. The first-order valence-electron chi connectivity index (χ1n) is 8.04. The van der Waals surface area contributed by atoms with E-state index in [1.165, 1.54) is 17.7 Å². The van der Waals surface area contributed by atoms with Crippen molar-refractivity contribution in [1.82, 2.24) is 5.32 Å². The summed E-state index contributed by atoms with van der Waals surface area (Å²) in [7, 11) is 0. The zero-order valence-corrected chi connectivity index (χ0v) is 13.0. The first kappa shape index (κ1) is 14.9. The molecule has 122 valence electrons. The average molecular weight is 324 g/mol. The summed E-state index contributed by atoms with van der Waals surface area (Å²) < 4.78 is 13.3. The summed E-state index contributed by atoms with van der Waals surface area (Å²) in [6, 6.07) is 16.5. The molecule has 3 atom stereocenters. The van der Waals surface area contributed by atoms with Crippen molar-refractivity contribution in [2.45, 2.75) is 30.9 Å². The van der Waals surface area contributed by atoms with E-state index in [0.717, 1.165) is 6.42 Å². The van der Waals surface area contributed by atoms with E-state index in [1.54, 1.807) is 12.1 Å². The van der Waals surface area contributed by atoms with Crippen molar-refractivity contribution >= 4 is 11.6 Å². The van der Waals surface area contributed by atoms with Crippen LogP contribution >= 0.6 is 0 Å². The molecule has 0 radical (unpaired) electrons. The molecule has 5 heteroatoms. The second-order valence-corrected chi connectivity index (χ2v) is 6.21. The van der Waals surface area contributed by atoms with Crippen LogP contribution in [-0.4, -0.2) is 23.8 Å². The van der Waals surface area contributed by atoms with E-state index in [2.05, 4.69) is 22.6 Å². The number of carbonyl (C=O) groups is 1. The summed E-state index contributed by atoms with van der Waals surface area (Å²) in [6.45, 7) is 0. The largest absolute Gasteiger partial charge is 0.382 e. The molecular formula is C19H17FN2O2. The van der Waals surface area contributed by atoms with Crippen LogP contribution in [0.25, 0.3) is 0 Å². The van der Waals surface area contributed by atoms with Gasteiger partial charge in [0, 0.05) is 23.9 Å². The van der Waals surface area contributed by atoms with Crippen LogP contribution in [0.4, 0.5) is 4.39 Å². The highest BCUT2D eigenvalue weighted by Gasteiger charge is 2.41. The molecule has 2 aliphatic rings. The lowest BCUT2D eigenvalue weighted by Crippen LogP contribution is -2.36. The van der Waals surface area contributed by atoms with Crippen LogP contribution in [0, 0.1) is 5.82 Å². The molecule has 2 aromatic rings. The molecule has 0 unspecified atom stereocenters. The van der Waals surface area contributed by atoms with Gasteiger partial charge in [0.25, 0.3) is 5.91 Å². The topological polar surface area (TPSA) is 50.7 Å². The summed E-state index contributed by atoms with van der Waals surface area (Å²) >= 11 is 0. The number of nitrogens with one attached hydrogen (secondary N) is 1. The first-order chi connectivity index (χ1) is 11.7. The number of halogens is 1. The molecule has 0 bridgehead atoms. The van der Waals surface area contributed by atoms with Gasteiger partial charge in [-0.3, -0.25) is 4.79 Å². The number of hydrogen-bond acceptors (Lipinski definition) is 3. The molecular weight excluding hydrogens is 307 g/mol. The lowest BCUT2D eigenvalue weighted by molar-refractivity contribution is -0.131. The average Bonchev–Trinajstić information content (AvgIpc) is 3.18. The van der Waals surface area contributed by atoms with Gasteiger partial charge in [-0.1, -0.05) is 47.6 Å². The minimum Gasteiger partial charge on any atom is -0.382 e. The third-order valence-corrected chi connectivity index (χ3v) is 4.46. The lowest BCUT2D eigenvalue weighted by Gasteiger charge is -2.09. The molecule has 1 N–H and O–H groups in total. The predicted molar refractivity (Wildman–Crippen MR) is 88.2 cm³/mol. The Labute approximate surface area is 139 Å². The number of benzene rings is 2. The molecule has 0 spiro atoms. The fourth-order valence-corrected chi connectivity index (χ4v) is 3.06. The molecule has 1 aliphatic heterocycles. The van der Waals surface area contributed by atoms with Crippen molar-refractivity contribution < 1.29 is 14.0 Å². The standard InChI is InChI=1S/C19H17FN2O2/c20-14-8-4-7-13(9-14)16-11-18(24-22-16)19(23)21-17-10-15(17)12-5-2-1-3-6-12/h1-9,15,17-18H,10-11H2,(H,21,23)/t15-,17-,18-/m1/s1. The number of rotatable bonds is 4. The molecule has 1 amide bonds. The highest BCUT2D eigenvalue weighted by Crippen LogP contribution is 2.40. The van der Waals surface area contributed by atoms with E-state index in [1.807, 2.05) is 18.2 Å². The molecule has 24 heavy (non-hydrogen) atoms. The Kier molecular flexibility index (Phi) is 3.76. The van der Waals surface area contributed by atoms with Crippen LogP contribution in [0.1, 0.15) is 29.9 Å². The van der Waals surface area contributed by atoms with Gasteiger partial charge in [-0.15, -0.1) is 0 Å². The van der Waals surface area contributed by atoms with Crippen LogP contribution in [0.3, 0.4) is 0 Å². The Morgan fingerprint density at radius 3 is 2.79 bits per heavy atom. The van der Waals surface area contributed by atoms with Gasteiger partial charge < -0.3 is 10.2 Å². The third-order valence-electron chi connectivity index (χ3n) is 4.46. The van der Waals surface area contributed by atoms with E-state index >= 15 is 0 Å². The van der Waals surface area contributed by atoms with E-state index in [9.17, 15) is 9.18 Å². The molecule has 1 saturated carbocycles. The van der Waals surface area contributed by atoms with Crippen LogP contribution in [0.5, 0.6) is 0 Å². The summed E-state index contributed by atoms with van der Waals surface area (Å²) in [5.74, 6) is -0.111. The Morgan fingerprint density at radius 1 is 1.17 bits per heavy atom. The van der Waals surface area contributed by atoms with E-state index in [-0.39, 0.29) is 17.8 Å². The second-order valence-electron chi connectivity index (χ2n) is 6.21. The fourth-order valence-electron chi connectivity index (χ4n) is 3.06. The van der Waals surface area contributed by atoms with Crippen molar-refractivity contribution in [3.05, 3.63) is 71.5 Å². The highest BCUT2D eigenvalue weighted by atomic mass is 19.1.